The van der Waals surface area contributed by atoms with Gasteiger partial charge in [-0.1, -0.05) is 0 Å². The van der Waals surface area contributed by atoms with Crippen LogP contribution in [0.4, 0.5) is 10.6 Å². The minimum Gasteiger partial charge on any atom is -0.478 e. The van der Waals surface area contributed by atoms with Crippen molar-refractivity contribution in [2.45, 2.75) is 32.4 Å². The van der Waals surface area contributed by atoms with E-state index in [2.05, 4.69) is 9.88 Å². The Kier molecular flexibility index (Phi) is 3.16. The molecular weight excluding hydrogens is 258 g/mol. The van der Waals surface area contributed by atoms with Crippen molar-refractivity contribution in [3.63, 3.8) is 0 Å². The molecule has 1 fully saturated rings. The number of aromatic nitrogens is 1. The molecule has 0 spiro atoms. The lowest BCUT2D eigenvalue weighted by Gasteiger charge is -2.42. The number of fused-ring (bicyclic) bond motifs is 3. The van der Waals surface area contributed by atoms with E-state index in [1.165, 1.54) is 10.5 Å². The predicted octanol–water partition coefficient (Wildman–Crippen LogP) is 1.59. The molecule has 0 aliphatic carbocycles. The van der Waals surface area contributed by atoms with Gasteiger partial charge in [-0.3, -0.25) is 0 Å². The number of carbonyl (C=O) groups is 1. The van der Waals surface area contributed by atoms with Crippen LogP contribution in [0.2, 0.25) is 0 Å². The Morgan fingerprint density at radius 1 is 1.50 bits per heavy atom. The molecule has 0 bridgehead atoms. The molecule has 1 aromatic heterocycles. The van der Waals surface area contributed by atoms with Crippen LogP contribution in [0.1, 0.15) is 19.4 Å². The molecule has 0 aromatic carbocycles. The molecular formula is C14H19N3O3. The zero-order valence-electron chi connectivity index (χ0n) is 11.7. The Hall–Kier alpha value is -1.98. The average molecular weight is 277 g/mol. The summed E-state index contributed by atoms with van der Waals surface area (Å²) in [5.41, 5.74) is 1.18. The van der Waals surface area contributed by atoms with Crippen molar-refractivity contribution in [1.29, 1.82) is 0 Å². The van der Waals surface area contributed by atoms with Crippen LogP contribution in [0.15, 0.2) is 12.1 Å². The van der Waals surface area contributed by atoms with Gasteiger partial charge in [-0.2, -0.15) is 4.98 Å². The Morgan fingerprint density at radius 2 is 2.30 bits per heavy atom. The number of rotatable bonds is 2. The van der Waals surface area contributed by atoms with Gasteiger partial charge in [0.2, 0.25) is 5.88 Å². The maximum absolute atomic E-state index is 11.2. The van der Waals surface area contributed by atoms with Crippen LogP contribution in [0.3, 0.4) is 0 Å². The first kappa shape index (κ1) is 13.0. The number of anilines is 1. The Balaban J connectivity index is 1.88. The summed E-state index contributed by atoms with van der Waals surface area (Å²) in [5, 5.41) is 9.18. The van der Waals surface area contributed by atoms with E-state index in [0.29, 0.717) is 25.6 Å². The lowest BCUT2D eigenvalue weighted by atomic mass is 10.1. The van der Waals surface area contributed by atoms with E-state index in [0.717, 1.165) is 12.2 Å². The van der Waals surface area contributed by atoms with E-state index in [4.69, 9.17) is 4.74 Å². The van der Waals surface area contributed by atoms with Gasteiger partial charge in [0.05, 0.1) is 12.6 Å². The third kappa shape index (κ3) is 2.05. The summed E-state index contributed by atoms with van der Waals surface area (Å²) < 4.78 is 5.46. The molecule has 0 radical (unpaired) electrons. The van der Waals surface area contributed by atoms with Crippen LogP contribution < -0.4 is 9.64 Å². The zero-order valence-corrected chi connectivity index (χ0v) is 11.7. The lowest BCUT2D eigenvalue weighted by molar-refractivity contribution is 0.128. The number of hydrogen-bond acceptors (Lipinski definition) is 4. The minimum atomic E-state index is -0.838. The predicted molar refractivity (Wildman–Crippen MR) is 74.4 cm³/mol. The number of amides is 1. The van der Waals surface area contributed by atoms with E-state index in [9.17, 15) is 9.90 Å². The van der Waals surface area contributed by atoms with E-state index in [-0.39, 0.29) is 12.1 Å². The van der Waals surface area contributed by atoms with Gasteiger partial charge in [-0.25, -0.2) is 4.79 Å². The van der Waals surface area contributed by atoms with Gasteiger partial charge in [-0.05, 0) is 31.9 Å². The van der Waals surface area contributed by atoms with Crippen LogP contribution in [-0.4, -0.2) is 52.9 Å². The normalized spacial score (nSPS) is 24.3. The Morgan fingerprint density at radius 3 is 3.00 bits per heavy atom. The maximum Gasteiger partial charge on any atom is 0.407 e. The van der Waals surface area contributed by atoms with Crippen molar-refractivity contribution in [3.8, 4) is 5.88 Å². The first-order valence-electron chi connectivity index (χ1n) is 6.99. The maximum atomic E-state index is 11.2. The molecule has 108 valence electrons. The van der Waals surface area contributed by atoms with E-state index < -0.39 is 6.09 Å². The van der Waals surface area contributed by atoms with Gasteiger partial charge in [0.15, 0.2) is 0 Å². The fourth-order valence-corrected chi connectivity index (χ4v) is 3.21. The molecule has 2 aliphatic heterocycles. The monoisotopic (exact) mass is 277 g/mol. The second-order valence-corrected chi connectivity index (χ2v) is 5.37. The number of pyridine rings is 1. The third-order valence-corrected chi connectivity index (χ3v) is 3.98. The molecule has 3 heterocycles. The quantitative estimate of drug-likeness (QED) is 0.889. The van der Waals surface area contributed by atoms with Gasteiger partial charge < -0.3 is 19.6 Å². The molecule has 2 aliphatic rings. The molecule has 0 unspecified atom stereocenters. The van der Waals surface area contributed by atoms with Gasteiger partial charge in [-0.15, -0.1) is 0 Å². The van der Waals surface area contributed by atoms with Crippen LogP contribution in [0.5, 0.6) is 5.88 Å². The SMILES string of the molecule is CCOc1ccc2c(n1)N1[C@H](C2)CN(C(=O)O)C[C@H]1C. The van der Waals surface area contributed by atoms with Gasteiger partial charge >= 0.3 is 6.09 Å². The van der Waals surface area contributed by atoms with E-state index >= 15 is 0 Å². The van der Waals surface area contributed by atoms with Crippen LogP contribution in [0, 0.1) is 0 Å². The molecule has 1 N–H and O–H groups in total. The Bertz CT molecular complexity index is 534. The first-order chi connectivity index (χ1) is 9.60. The smallest absolute Gasteiger partial charge is 0.407 e. The molecule has 3 rings (SSSR count). The van der Waals surface area contributed by atoms with E-state index in [1.807, 2.05) is 26.0 Å². The van der Waals surface area contributed by atoms with Crippen molar-refractivity contribution in [2.75, 3.05) is 24.6 Å². The lowest BCUT2D eigenvalue weighted by Crippen LogP contribution is -2.57. The standard InChI is InChI=1S/C14H19N3O3/c1-3-20-12-5-4-10-6-11-8-16(14(18)19)7-9(2)17(11)13(10)15-12/h4-5,9,11H,3,6-8H2,1-2H3,(H,18,19)/t9-,11-/m1/s1. The summed E-state index contributed by atoms with van der Waals surface area (Å²) in [4.78, 5) is 19.5. The first-order valence-corrected chi connectivity index (χ1v) is 6.99. The number of carboxylic acid groups (broad SMARTS) is 1. The average Bonchev–Trinajstić information content (AvgIpc) is 2.77. The van der Waals surface area contributed by atoms with Crippen molar-refractivity contribution in [2.24, 2.45) is 0 Å². The van der Waals surface area contributed by atoms with Crippen LogP contribution in [-0.2, 0) is 6.42 Å². The largest absolute Gasteiger partial charge is 0.478 e. The summed E-state index contributed by atoms with van der Waals surface area (Å²) in [5.74, 6) is 1.60. The second-order valence-electron chi connectivity index (χ2n) is 5.37. The summed E-state index contributed by atoms with van der Waals surface area (Å²) in [6.45, 7) is 5.64. The Labute approximate surface area is 118 Å². The highest BCUT2D eigenvalue weighted by molar-refractivity contribution is 5.67. The molecule has 1 aromatic rings. The highest BCUT2D eigenvalue weighted by atomic mass is 16.5. The fraction of sp³-hybridized carbons (Fsp3) is 0.571. The molecule has 20 heavy (non-hydrogen) atoms. The number of hydrogen-bond donors (Lipinski definition) is 1. The molecule has 2 atom stereocenters. The van der Waals surface area contributed by atoms with Crippen molar-refractivity contribution in [1.82, 2.24) is 9.88 Å². The zero-order chi connectivity index (χ0) is 14.3. The molecule has 0 saturated carbocycles. The highest BCUT2D eigenvalue weighted by Crippen LogP contribution is 2.36. The van der Waals surface area contributed by atoms with Crippen molar-refractivity contribution >= 4 is 11.9 Å². The van der Waals surface area contributed by atoms with Crippen molar-refractivity contribution in [3.05, 3.63) is 17.7 Å². The van der Waals surface area contributed by atoms with Gasteiger partial charge in [0.1, 0.15) is 5.82 Å². The third-order valence-electron chi connectivity index (χ3n) is 3.98. The van der Waals surface area contributed by atoms with Gasteiger partial charge in [0.25, 0.3) is 0 Å². The summed E-state index contributed by atoms with van der Waals surface area (Å²) >= 11 is 0. The van der Waals surface area contributed by atoms with Crippen LogP contribution >= 0.6 is 0 Å². The minimum absolute atomic E-state index is 0.135. The summed E-state index contributed by atoms with van der Waals surface area (Å²) in [6.07, 6.45) is 0.0125. The molecule has 6 nitrogen and oxygen atoms in total. The number of ether oxygens (including phenoxy) is 1. The topological polar surface area (TPSA) is 65.9 Å². The van der Waals surface area contributed by atoms with E-state index in [1.54, 1.807) is 0 Å². The number of nitrogens with zero attached hydrogens (tertiary/aromatic N) is 3. The van der Waals surface area contributed by atoms with Crippen LogP contribution in [0.25, 0.3) is 0 Å². The molecule has 1 saturated heterocycles. The number of piperazine rings is 1. The summed E-state index contributed by atoms with van der Waals surface area (Å²) in [7, 11) is 0. The second kappa shape index (κ2) is 4.85. The fourth-order valence-electron chi connectivity index (χ4n) is 3.21. The highest BCUT2D eigenvalue weighted by Gasteiger charge is 2.40. The molecule has 1 amide bonds. The summed E-state index contributed by atoms with van der Waals surface area (Å²) in [6, 6.07) is 4.26. The van der Waals surface area contributed by atoms with Crippen molar-refractivity contribution < 1.29 is 14.6 Å². The van der Waals surface area contributed by atoms with Gasteiger partial charge in [0, 0.05) is 25.2 Å². The molecule has 6 heteroatoms.